The normalized spacial score (nSPS) is 16.4. The van der Waals surface area contributed by atoms with Crippen LogP contribution in [0.5, 0.6) is 0 Å². The third kappa shape index (κ3) is 3.41. The first-order valence-corrected chi connectivity index (χ1v) is 7.97. The number of hydrogen-bond acceptors (Lipinski definition) is 2. The quantitative estimate of drug-likeness (QED) is 0.787. The fourth-order valence-electron chi connectivity index (χ4n) is 3.23. The highest BCUT2D eigenvalue weighted by Crippen LogP contribution is 2.32. The Morgan fingerprint density at radius 2 is 2.05 bits per heavy atom. The minimum absolute atomic E-state index is 0.685. The van der Waals surface area contributed by atoms with Crippen molar-refractivity contribution in [2.24, 2.45) is 0 Å². The van der Waals surface area contributed by atoms with Crippen LogP contribution in [-0.4, -0.2) is 23.0 Å². The first kappa shape index (κ1) is 15.1. The van der Waals surface area contributed by atoms with Gasteiger partial charge in [0.15, 0.2) is 0 Å². The van der Waals surface area contributed by atoms with Crippen LogP contribution < -0.4 is 0 Å². The number of aryl methyl sites for hydroxylation is 1. The molecule has 1 aromatic rings. The van der Waals surface area contributed by atoms with Gasteiger partial charge in [0, 0.05) is 31.2 Å². The van der Waals surface area contributed by atoms with Crippen molar-refractivity contribution in [3.8, 4) is 0 Å². The lowest BCUT2D eigenvalue weighted by Crippen LogP contribution is -2.31. The van der Waals surface area contributed by atoms with E-state index in [4.69, 9.17) is 0 Å². The van der Waals surface area contributed by atoms with E-state index in [0.29, 0.717) is 5.92 Å². The minimum atomic E-state index is 0.685. The molecular weight excluding hydrogens is 244 g/mol. The van der Waals surface area contributed by atoms with E-state index in [1.54, 1.807) is 5.56 Å². The predicted molar refractivity (Wildman–Crippen MR) is 85.9 cm³/mol. The average Bonchev–Trinajstić information content (AvgIpc) is 2.46. The Hall–Kier alpha value is -1.31. The summed E-state index contributed by atoms with van der Waals surface area (Å²) < 4.78 is 0. The molecule has 0 aliphatic carbocycles. The molecule has 0 amide bonds. The number of unbranched alkanes of at least 4 members (excludes halogenated alkanes) is 1. The third-order valence-corrected chi connectivity index (χ3v) is 4.56. The molecule has 0 radical (unpaired) electrons. The number of nitrogens with zero attached hydrogens (tertiary/aromatic N) is 2. The molecule has 0 atom stereocenters. The first-order chi connectivity index (χ1) is 9.63. The highest BCUT2D eigenvalue weighted by Gasteiger charge is 2.22. The molecule has 2 rings (SSSR count). The van der Waals surface area contributed by atoms with Gasteiger partial charge in [-0.15, -0.1) is 0 Å². The molecule has 1 aliphatic rings. The van der Waals surface area contributed by atoms with E-state index in [1.165, 1.54) is 48.9 Å². The smallest absolute Gasteiger partial charge is 0.0305 e. The molecule has 1 aliphatic heterocycles. The Bertz CT molecular complexity index is 456. The van der Waals surface area contributed by atoms with E-state index in [0.717, 1.165) is 13.1 Å². The molecule has 2 nitrogen and oxygen atoms in total. The molecule has 0 spiro atoms. The van der Waals surface area contributed by atoms with Gasteiger partial charge >= 0.3 is 0 Å². The third-order valence-electron chi connectivity index (χ3n) is 4.56. The van der Waals surface area contributed by atoms with Crippen LogP contribution in [0, 0.1) is 6.92 Å². The van der Waals surface area contributed by atoms with Crippen LogP contribution in [0.2, 0.25) is 0 Å². The molecule has 0 aromatic carbocycles. The van der Waals surface area contributed by atoms with Crippen molar-refractivity contribution in [1.29, 1.82) is 0 Å². The molecule has 1 fully saturated rings. The van der Waals surface area contributed by atoms with Gasteiger partial charge in [-0.25, -0.2) is 0 Å². The van der Waals surface area contributed by atoms with Crippen molar-refractivity contribution in [3.05, 3.63) is 41.4 Å². The van der Waals surface area contributed by atoms with Gasteiger partial charge < -0.3 is 4.90 Å². The lowest BCUT2D eigenvalue weighted by Gasteiger charge is -2.34. The van der Waals surface area contributed by atoms with Gasteiger partial charge in [0.05, 0.1) is 0 Å². The topological polar surface area (TPSA) is 16.1 Å². The number of piperidine rings is 1. The number of allylic oxidation sites excluding steroid dienone is 1. The Kier molecular flexibility index (Phi) is 5.22. The summed E-state index contributed by atoms with van der Waals surface area (Å²) in [6.07, 6.45) is 10.4. The Labute approximate surface area is 123 Å². The molecular formula is C18H28N2. The second kappa shape index (κ2) is 6.92. The Morgan fingerprint density at radius 3 is 2.65 bits per heavy atom. The molecule has 1 aromatic heterocycles. The highest BCUT2D eigenvalue weighted by atomic mass is 15.1. The molecule has 0 N–H and O–H groups in total. The molecule has 0 bridgehead atoms. The van der Waals surface area contributed by atoms with Crippen molar-refractivity contribution in [2.45, 2.75) is 58.8 Å². The van der Waals surface area contributed by atoms with E-state index >= 15 is 0 Å². The predicted octanol–water partition coefficient (Wildman–Crippen LogP) is 4.45. The van der Waals surface area contributed by atoms with Gasteiger partial charge in [-0.05, 0) is 62.1 Å². The zero-order valence-corrected chi connectivity index (χ0v) is 13.3. The lowest BCUT2D eigenvalue weighted by molar-refractivity contribution is 0.264. The maximum atomic E-state index is 4.45. The summed E-state index contributed by atoms with van der Waals surface area (Å²) in [5, 5.41) is 0. The molecule has 2 heteroatoms. The van der Waals surface area contributed by atoms with Gasteiger partial charge in [0.1, 0.15) is 0 Å². The fourth-order valence-corrected chi connectivity index (χ4v) is 3.23. The summed E-state index contributed by atoms with van der Waals surface area (Å²) in [6, 6.07) is 0. The average molecular weight is 272 g/mol. The van der Waals surface area contributed by atoms with E-state index in [2.05, 4.69) is 43.4 Å². The summed E-state index contributed by atoms with van der Waals surface area (Å²) in [4.78, 5) is 6.86. The SMILES string of the molecule is C=C(C)N1CCC(c2cncc(C)c2CCCC)CC1. The molecule has 2 heterocycles. The van der Waals surface area contributed by atoms with Crippen LogP contribution in [0.15, 0.2) is 24.7 Å². The monoisotopic (exact) mass is 272 g/mol. The minimum Gasteiger partial charge on any atom is -0.375 e. The fraction of sp³-hybridized carbons (Fsp3) is 0.611. The maximum Gasteiger partial charge on any atom is 0.0305 e. The summed E-state index contributed by atoms with van der Waals surface area (Å²) in [6.45, 7) is 12.9. The number of likely N-dealkylation sites (tertiary alicyclic amines) is 1. The van der Waals surface area contributed by atoms with Crippen molar-refractivity contribution in [3.63, 3.8) is 0 Å². The van der Waals surface area contributed by atoms with Gasteiger partial charge in [-0.1, -0.05) is 19.9 Å². The number of pyridine rings is 1. The summed E-state index contributed by atoms with van der Waals surface area (Å²) in [5.41, 5.74) is 5.66. The van der Waals surface area contributed by atoms with Crippen molar-refractivity contribution in [1.82, 2.24) is 9.88 Å². The zero-order chi connectivity index (χ0) is 14.5. The van der Waals surface area contributed by atoms with Crippen LogP contribution in [-0.2, 0) is 6.42 Å². The van der Waals surface area contributed by atoms with Crippen molar-refractivity contribution in [2.75, 3.05) is 13.1 Å². The molecule has 20 heavy (non-hydrogen) atoms. The molecule has 0 unspecified atom stereocenters. The number of aromatic nitrogens is 1. The summed E-state index contributed by atoms with van der Waals surface area (Å²) >= 11 is 0. The van der Waals surface area contributed by atoms with Crippen molar-refractivity contribution >= 4 is 0 Å². The first-order valence-electron chi connectivity index (χ1n) is 7.97. The van der Waals surface area contributed by atoms with E-state index < -0.39 is 0 Å². The Balaban J connectivity index is 2.13. The maximum absolute atomic E-state index is 4.45. The van der Waals surface area contributed by atoms with Crippen LogP contribution in [0.4, 0.5) is 0 Å². The van der Waals surface area contributed by atoms with Gasteiger partial charge in [-0.2, -0.15) is 0 Å². The van der Waals surface area contributed by atoms with Gasteiger partial charge in [0.2, 0.25) is 0 Å². The summed E-state index contributed by atoms with van der Waals surface area (Å²) in [7, 11) is 0. The van der Waals surface area contributed by atoms with Crippen molar-refractivity contribution < 1.29 is 0 Å². The zero-order valence-electron chi connectivity index (χ0n) is 13.3. The van der Waals surface area contributed by atoms with Gasteiger partial charge in [0.25, 0.3) is 0 Å². The molecule has 110 valence electrons. The van der Waals surface area contributed by atoms with Crippen LogP contribution in [0.25, 0.3) is 0 Å². The lowest BCUT2D eigenvalue weighted by atomic mass is 9.85. The van der Waals surface area contributed by atoms with Gasteiger partial charge in [-0.3, -0.25) is 4.98 Å². The summed E-state index contributed by atoms with van der Waals surface area (Å²) in [5.74, 6) is 0.685. The second-order valence-corrected chi connectivity index (χ2v) is 6.12. The Morgan fingerprint density at radius 1 is 1.35 bits per heavy atom. The van der Waals surface area contributed by atoms with Crippen LogP contribution in [0.1, 0.15) is 62.1 Å². The largest absolute Gasteiger partial charge is 0.375 e. The van der Waals surface area contributed by atoms with Crippen LogP contribution >= 0.6 is 0 Å². The molecule has 1 saturated heterocycles. The number of rotatable bonds is 5. The molecule has 0 saturated carbocycles. The van der Waals surface area contributed by atoms with Crippen LogP contribution in [0.3, 0.4) is 0 Å². The standard InChI is InChI=1S/C18H28N2/c1-5-6-7-17-15(4)12-19-13-18(17)16-8-10-20(11-9-16)14(2)3/h12-13,16H,2,5-11H2,1,3-4H3. The number of hydrogen-bond donors (Lipinski definition) is 0. The van der Waals surface area contributed by atoms with E-state index in [9.17, 15) is 0 Å². The van der Waals surface area contributed by atoms with E-state index in [-0.39, 0.29) is 0 Å². The highest BCUT2D eigenvalue weighted by molar-refractivity contribution is 5.34. The second-order valence-electron chi connectivity index (χ2n) is 6.12. The van der Waals surface area contributed by atoms with E-state index in [1.807, 2.05) is 6.20 Å².